The maximum atomic E-state index is 10.1. The highest BCUT2D eigenvalue weighted by Crippen LogP contribution is 2.49. The van der Waals surface area contributed by atoms with E-state index in [-0.39, 0.29) is 5.75 Å². The molecule has 0 amide bonds. The SMILES string of the molecule is N#Cc1c(C#N)c2c(c3c1CCc1cc(O)ccc1-3)-c1ccc(OCCCCCCOI)cc1CC2. The summed E-state index contributed by atoms with van der Waals surface area (Å²) in [5, 5.41) is 30.2. The van der Waals surface area contributed by atoms with Gasteiger partial charge in [-0.25, -0.2) is 0 Å². The maximum Gasteiger partial charge on any atom is 0.119 e. The van der Waals surface area contributed by atoms with E-state index in [9.17, 15) is 15.6 Å². The molecule has 0 unspecified atom stereocenters. The van der Waals surface area contributed by atoms with E-state index in [1.807, 2.05) is 41.2 Å². The number of phenolic OH excluding ortho intramolecular Hbond substituents is 1. The van der Waals surface area contributed by atoms with Gasteiger partial charge in [0.2, 0.25) is 0 Å². The Balaban J connectivity index is 1.52. The molecule has 36 heavy (non-hydrogen) atoms. The largest absolute Gasteiger partial charge is 0.508 e. The molecule has 0 heterocycles. The van der Waals surface area contributed by atoms with Gasteiger partial charge in [0, 0.05) is 0 Å². The summed E-state index contributed by atoms with van der Waals surface area (Å²) in [4.78, 5) is 0. The molecule has 0 bridgehead atoms. The Morgan fingerprint density at radius 1 is 0.750 bits per heavy atom. The quantitative estimate of drug-likeness (QED) is 0.226. The zero-order chi connectivity index (χ0) is 25.1. The topological polar surface area (TPSA) is 86.3 Å². The van der Waals surface area contributed by atoms with E-state index in [4.69, 9.17) is 7.80 Å². The van der Waals surface area contributed by atoms with Crippen LogP contribution in [-0.2, 0) is 28.7 Å². The first-order chi connectivity index (χ1) is 17.7. The highest BCUT2D eigenvalue weighted by Gasteiger charge is 2.31. The fourth-order valence-electron chi connectivity index (χ4n) is 5.66. The number of nitrogens with zero attached hydrogens (tertiary/aromatic N) is 2. The molecule has 182 valence electrons. The third kappa shape index (κ3) is 4.56. The number of fused-ring (bicyclic) bond motifs is 7. The number of phenols is 1. The Kier molecular flexibility index (Phi) is 7.46. The van der Waals surface area contributed by atoms with Gasteiger partial charge in [-0.05, 0) is 114 Å². The first-order valence-corrected chi connectivity index (χ1v) is 13.4. The fourth-order valence-corrected chi connectivity index (χ4v) is 5.97. The maximum absolute atomic E-state index is 10.1. The number of unbranched alkanes of at least 4 members (excludes halogenated alkanes) is 3. The molecule has 0 aromatic heterocycles. The van der Waals surface area contributed by atoms with E-state index in [0.29, 0.717) is 30.6 Å². The van der Waals surface area contributed by atoms with Gasteiger partial charge in [-0.15, -0.1) is 0 Å². The van der Waals surface area contributed by atoms with Crippen LogP contribution in [0.4, 0.5) is 0 Å². The summed E-state index contributed by atoms with van der Waals surface area (Å²) in [5.41, 5.74) is 9.51. The van der Waals surface area contributed by atoms with Gasteiger partial charge in [0.1, 0.15) is 46.6 Å². The molecule has 6 heteroatoms. The van der Waals surface area contributed by atoms with E-state index in [0.717, 1.165) is 89.8 Å². The second kappa shape index (κ2) is 10.9. The number of ether oxygens (including phenoxy) is 1. The van der Waals surface area contributed by atoms with Crippen molar-refractivity contribution in [2.24, 2.45) is 0 Å². The molecule has 1 N–H and O–H groups in total. The van der Waals surface area contributed by atoms with Crippen molar-refractivity contribution in [3.8, 4) is 45.9 Å². The minimum atomic E-state index is 0.251. The van der Waals surface area contributed by atoms with Crippen LogP contribution in [0.25, 0.3) is 22.3 Å². The van der Waals surface area contributed by atoms with Gasteiger partial charge in [0.15, 0.2) is 0 Å². The van der Waals surface area contributed by atoms with E-state index in [2.05, 4.69) is 24.3 Å². The molecule has 3 aromatic carbocycles. The van der Waals surface area contributed by atoms with Gasteiger partial charge < -0.3 is 12.9 Å². The normalized spacial score (nSPS) is 13.0. The molecular formula is C30H27IN2O3. The van der Waals surface area contributed by atoms with E-state index >= 15 is 0 Å². The van der Waals surface area contributed by atoms with Crippen LogP contribution in [0.3, 0.4) is 0 Å². The molecule has 5 nitrogen and oxygen atoms in total. The van der Waals surface area contributed by atoms with Crippen LogP contribution >= 0.6 is 23.0 Å². The molecule has 2 aliphatic rings. The van der Waals surface area contributed by atoms with Crippen molar-refractivity contribution >= 4 is 23.0 Å². The summed E-state index contributed by atoms with van der Waals surface area (Å²) in [6.45, 7) is 1.49. The van der Waals surface area contributed by atoms with Crippen LogP contribution in [0.5, 0.6) is 11.5 Å². The van der Waals surface area contributed by atoms with E-state index in [1.165, 1.54) is 5.56 Å². The van der Waals surface area contributed by atoms with Gasteiger partial charge in [-0.3, -0.25) is 0 Å². The van der Waals surface area contributed by atoms with Crippen molar-refractivity contribution in [3.63, 3.8) is 0 Å². The van der Waals surface area contributed by atoms with Crippen molar-refractivity contribution in [2.45, 2.75) is 51.4 Å². The Morgan fingerprint density at radius 3 is 1.94 bits per heavy atom. The molecule has 0 saturated carbocycles. The Bertz CT molecular complexity index is 1400. The lowest BCUT2D eigenvalue weighted by atomic mass is 9.72. The van der Waals surface area contributed by atoms with Crippen molar-refractivity contribution < 1.29 is 12.9 Å². The highest BCUT2D eigenvalue weighted by atomic mass is 127. The molecule has 0 aliphatic heterocycles. The second-order valence-corrected chi connectivity index (χ2v) is 10.0. The number of halogens is 1. The van der Waals surface area contributed by atoms with E-state index < -0.39 is 0 Å². The first kappa shape index (κ1) is 24.6. The van der Waals surface area contributed by atoms with Crippen LogP contribution in [0.2, 0.25) is 0 Å². The number of nitriles is 2. The Labute approximate surface area is 226 Å². The molecule has 0 fully saturated rings. The van der Waals surface area contributed by atoms with Gasteiger partial charge >= 0.3 is 0 Å². The van der Waals surface area contributed by atoms with Crippen LogP contribution in [0.1, 0.15) is 59.1 Å². The molecule has 0 atom stereocenters. The zero-order valence-electron chi connectivity index (χ0n) is 20.1. The average Bonchev–Trinajstić information content (AvgIpc) is 2.90. The molecule has 0 spiro atoms. The van der Waals surface area contributed by atoms with Crippen LogP contribution in [0.15, 0.2) is 36.4 Å². The third-order valence-electron chi connectivity index (χ3n) is 7.31. The molecule has 2 aliphatic carbocycles. The summed E-state index contributed by atoms with van der Waals surface area (Å²) in [7, 11) is 0. The minimum Gasteiger partial charge on any atom is -0.508 e. The number of hydrogen-bond donors (Lipinski definition) is 1. The van der Waals surface area contributed by atoms with Crippen molar-refractivity contribution in [1.29, 1.82) is 10.5 Å². The lowest BCUT2D eigenvalue weighted by molar-refractivity contribution is 0.301. The number of rotatable bonds is 8. The van der Waals surface area contributed by atoms with Crippen LogP contribution < -0.4 is 4.74 Å². The summed E-state index contributed by atoms with van der Waals surface area (Å²) in [5.74, 6) is 1.13. The Morgan fingerprint density at radius 2 is 1.33 bits per heavy atom. The molecule has 0 radical (unpaired) electrons. The smallest absolute Gasteiger partial charge is 0.119 e. The van der Waals surface area contributed by atoms with Gasteiger partial charge in [-0.1, -0.05) is 18.6 Å². The number of aromatic hydroxyl groups is 1. The predicted molar refractivity (Wildman–Crippen MR) is 147 cm³/mol. The van der Waals surface area contributed by atoms with Gasteiger partial charge in [0.25, 0.3) is 0 Å². The first-order valence-electron chi connectivity index (χ1n) is 12.5. The van der Waals surface area contributed by atoms with Gasteiger partial charge in [-0.2, -0.15) is 10.5 Å². The highest BCUT2D eigenvalue weighted by molar-refractivity contribution is 14.1. The van der Waals surface area contributed by atoms with Gasteiger partial charge in [0.05, 0.1) is 24.3 Å². The van der Waals surface area contributed by atoms with Crippen molar-refractivity contribution in [3.05, 3.63) is 69.8 Å². The monoisotopic (exact) mass is 590 g/mol. The standard InChI is InChI=1S/C30H27IN2O3/c31-36-14-4-2-1-3-13-35-22-8-12-24-20(16-22)6-10-26-28(18-33)27(17-32)25-9-5-19-15-21(34)7-11-23(19)29(25)30(24)26/h7-8,11-12,15-16,34H,1-6,9-10,13-14H2. The van der Waals surface area contributed by atoms with Crippen LogP contribution in [0, 0.1) is 22.7 Å². The zero-order valence-corrected chi connectivity index (χ0v) is 22.2. The number of aryl methyl sites for hydroxylation is 2. The fraction of sp³-hybridized carbons (Fsp3) is 0.333. The minimum absolute atomic E-state index is 0.251. The van der Waals surface area contributed by atoms with Crippen LogP contribution in [-0.4, -0.2) is 18.3 Å². The number of hydrogen-bond acceptors (Lipinski definition) is 5. The number of benzene rings is 3. The molecular weight excluding hydrogens is 563 g/mol. The lowest BCUT2D eigenvalue weighted by Crippen LogP contribution is -2.15. The third-order valence-corrected chi connectivity index (χ3v) is 7.75. The summed E-state index contributed by atoms with van der Waals surface area (Å²) in [6, 6.07) is 16.5. The lowest BCUT2D eigenvalue weighted by Gasteiger charge is -2.31. The molecule has 5 rings (SSSR count). The van der Waals surface area contributed by atoms with Crippen molar-refractivity contribution in [1.82, 2.24) is 0 Å². The summed E-state index contributed by atoms with van der Waals surface area (Å²) >= 11 is 1.94. The predicted octanol–water partition coefficient (Wildman–Crippen LogP) is 6.97. The molecule has 0 saturated heterocycles. The summed E-state index contributed by atoms with van der Waals surface area (Å²) in [6.07, 6.45) is 7.28. The Hall–Kier alpha value is -3.07. The second-order valence-electron chi connectivity index (χ2n) is 9.42. The average molecular weight is 590 g/mol. The van der Waals surface area contributed by atoms with E-state index in [1.54, 1.807) is 6.07 Å². The summed E-state index contributed by atoms with van der Waals surface area (Å²) < 4.78 is 11.2. The van der Waals surface area contributed by atoms with Crippen molar-refractivity contribution in [2.75, 3.05) is 13.2 Å². The molecule has 3 aromatic rings.